The molecule has 2 aliphatic rings. The quantitative estimate of drug-likeness (QED) is 0.772. The number of rotatable bonds is 5. The molecule has 0 radical (unpaired) electrons. The molecule has 0 aromatic carbocycles. The third kappa shape index (κ3) is 2.99. The van der Waals surface area contributed by atoms with Gasteiger partial charge in [-0.1, -0.05) is 0 Å². The van der Waals surface area contributed by atoms with Crippen LogP contribution in [0.1, 0.15) is 25.5 Å². The van der Waals surface area contributed by atoms with E-state index in [9.17, 15) is 8.42 Å². The van der Waals surface area contributed by atoms with Gasteiger partial charge in [0.2, 0.25) is 10.0 Å². The number of nitrogens with zero attached hydrogens (tertiary/aromatic N) is 3. The first kappa shape index (κ1) is 15.3. The molecule has 0 unspecified atom stereocenters. The van der Waals surface area contributed by atoms with Crippen molar-refractivity contribution in [3.8, 4) is 0 Å². The number of sulfonamides is 1. The minimum Gasteiger partial charge on any atom is -0.349 e. The largest absolute Gasteiger partial charge is 0.349 e. The Hall–Kier alpha value is -0.560. The van der Waals surface area contributed by atoms with Crippen LogP contribution < -0.4 is 0 Å². The van der Waals surface area contributed by atoms with E-state index >= 15 is 0 Å². The van der Waals surface area contributed by atoms with Crippen molar-refractivity contribution in [2.24, 2.45) is 0 Å². The molecule has 1 saturated carbocycles. The van der Waals surface area contributed by atoms with Gasteiger partial charge < -0.3 is 4.57 Å². The predicted molar refractivity (Wildman–Crippen MR) is 83.0 cm³/mol. The van der Waals surface area contributed by atoms with Crippen molar-refractivity contribution in [1.82, 2.24) is 13.8 Å². The molecule has 0 atom stereocenters. The highest BCUT2D eigenvalue weighted by molar-refractivity contribution is 7.89. The number of halogens is 1. The first-order chi connectivity index (χ1) is 10.1. The van der Waals surface area contributed by atoms with Gasteiger partial charge in [-0.2, -0.15) is 4.31 Å². The predicted octanol–water partition coefficient (Wildman–Crippen LogP) is 1.72. The third-order valence-electron chi connectivity index (χ3n) is 4.41. The van der Waals surface area contributed by atoms with Gasteiger partial charge in [0.15, 0.2) is 0 Å². The second-order valence-corrected chi connectivity index (χ2v) is 7.96. The van der Waals surface area contributed by atoms with Crippen LogP contribution in [-0.4, -0.2) is 54.4 Å². The highest BCUT2D eigenvalue weighted by Gasteiger charge is 2.35. The molecule has 1 aromatic rings. The van der Waals surface area contributed by atoms with Crippen LogP contribution in [0.15, 0.2) is 17.2 Å². The summed E-state index contributed by atoms with van der Waals surface area (Å²) in [7, 11) is -3.39. The molecule has 7 heteroatoms. The van der Waals surface area contributed by atoms with E-state index < -0.39 is 10.0 Å². The molecule has 1 aliphatic carbocycles. The Bertz CT molecular complexity index is 580. The van der Waals surface area contributed by atoms with E-state index in [0.717, 1.165) is 25.3 Å². The Labute approximate surface area is 131 Å². The van der Waals surface area contributed by atoms with Crippen molar-refractivity contribution in [2.45, 2.75) is 43.1 Å². The molecule has 2 heterocycles. The zero-order valence-corrected chi connectivity index (χ0v) is 13.9. The zero-order valence-electron chi connectivity index (χ0n) is 12.3. The lowest BCUT2D eigenvalue weighted by molar-refractivity contribution is 0.180. The van der Waals surface area contributed by atoms with Gasteiger partial charge in [-0.25, -0.2) is 8.42 Å². The molecule has 0 N–H and O–H groups in total. The average Bonchev–Trinajstić information content (AvgIpc) is 3.26. The lowest BCUT2D eigenvalue weighted by atomic mass is 10.3. The molecule has 118 valence electrons. The summed E-state index contributed by atoms with van der Waals surface area (Å²) >= 11 is 5.88. The standard InChI is InChI=1S/C14H22ClN3O2S/c1-2-16-11-14(9-13(16)10-15)21(19,20)18-7-5-17(6-8-18)12-3-4-12/h9,11-12H,2-8,10H2,1H3. The fraction of sp³-hybridized carbons (Fsp3) is 0.714. The molecule has 0 amide bonds. The van der Waals surface area contributed by atoms with Crippen LogP contribution in [0.2, 0.25) is 0 Å². The maximum Gasteiger partial charge on any atom is 0.244 e. The highest BCUT2D eigenvalue weighted by Crippen LogP contribution is 2.29. The average molecular weight is 332 g/mol. The number of hydrogen-bond donors (Lipinski definition) is 0. The first-order valence-corrected chi connectivity index (χ1v) is 9.53. The van der Waals surface area contributed by atoms with Crippen molar-refractivity contribution in [3.05, 3.63) is 18.0 Å². The Morgan fingerprint density at radius 1 is 1.24 bits per heavy atom. The Balaban J connectivity index is 1.75. The van der Waals surface area contributed by atoms with Crippen LogP contribution in [0.5, 0.6) is 0 Å². The first-order valence-electron chi connectivity index (χ1n) is 7.55. The normalized spacial score (nSPS) is 21.8. The maximum atomic E-state index is 12.7. The lowest BCUT2D eigenvalue weighted by Crippen LogP contribution is -2.49. The van der Waals surface area contributed by atoms with Crippen LogP contribution in [0.4, 0.5) is 0 Å². The van der Waals surface area contributed by atoms with Crippen LogP contribution in [0, 0.1) is 0 Å². The fourth-order valence-electron chi connectivity index (χ4n) is 2.97. The van der Waals surface area contributed by atoms with Gasteiger partial charge in [0.25, 0.3) is 0 Å². The van der Waals surface area contributed by atoms with Gasteiger partial charge >= 0.3 is 0 Å². The molecule has 3 rings (SSSR count). The molecular weight excluding hydrogens is 310 g/mol. The van der Waals surface area contributed by atoms with Crippen LogP contribution >= 0.6 is 11.6 Å². The summed E-state index contributed by atoms with van der Waals surface area (Å²) in [5.41, 5.74) is 0.856. The van der Waals surface area contributed by atoms with Gasteiger partial charge in [-0.05, 0) is 25.8 Å². The zero-order chi connectivity index (χ0) is 15.0. The molecule has 1 saturated heterocycles. The van der Waals surface area contributed by atoms with E-state index in [1.165, 1.54) is 12.8 Å². The molecule has 21 heavy (non-hydrogen) atoms. The van der Waals surface area contributed by atoms with Crippen molar-refractivity contribution in [2.75, 3.05) is 26.2 Å². The van der Waals surface area contributed by atoms with Gasteiger partial charge in [-0.3, -0.25) is 4.90 Å². The molecule has 0 spiro atoms. The van der Waals surface area contributed by atoms with Gasteiger partial charge in [0, 0.05) is 50.7 Å². The minimum absolute atomic E-state index is 0.332. The summed E-state index contributed by atoms with van der Waals surface area (Å²) in [5.74, 6) is 0.332. The molecule has 1 aromatic heterocycles. The van der Waals surface area contributed by atoms with Crippen LogP contribution in [0.3, 0.4) is 0 Å². The minimum atomic E-state index is -3.39. The maximum absolute atomic E-state index is 12.7. The van der Waals surface area contributed by atoms with Crippen LogP contribution in [0.25, 0.3) is 0 Å². The molecule has 5 nitrogen and oxygen atoms in total. The molecular formula is C14H22ClN3O2S. The fourth-order valence-corrected chi connectivity index (χ4v) is 4.69. The Kier molecular flexibility index (Phi) is 4.32. The van der Waals surface area contributed by atoms with E-state index in [2.05, 4.69) is 4.90 Å². The number of hydrogen-bond acceptors (Lipinski definition) is 3. The molecule has 1 aliphatic heterocycles. The van der Waals surface area contributed by atoms with Gasteiger partial charge in [0.05, 0.1) is 5.88 Å². The number of aryl methyl sites for hydroxylation is 1. The number of piperazine rings is 1. The third-order valence-corrected chi connectivity index (χ3v) is 6.55. The summed E-state index contributed by atoms with van der Waals surface area (Å²) in [4.78, 5) is 2.79. The lowest BCUT2D eigenvalue weighted by Gasteiger charge is -2.33. The van der Waals surface area contributed by atoms with Crippen LogP contribution in [-0.2, 0) is 22.4 Å². The van der Waals surface area contributed by atoms with E-state index in [1.54, 1.807) is 16.6 Å². The topological polar surface area (TPSA) is 45.6 Å². The van der Waals surface area contributed by atoms with E-state index in [1.807, 2.05) is 11.5 Å². The molecule has 0 bridgehead atoms. The van der Waals surface area contributed by atoms with Crippen molar-refractivity contribution in [3.63, 3.8) is 0 Å². The summed E-state index contributed by atoms with van der Waals surface area (Å²) < 4.78 is 29.0. The highest BCUT2D eigenvalue weighted by atomic mass is 35.5. The second-order valence-electron chi connectivity index (χ2n) is 5.76. The van der Waals surface area contributed by atoms with Crippen molar-refractivity contribution >= 4 is 21.6 Å². The summed E-state index contributed by atoms with van der Waals surface area (Å²) in [5, 5.41) is 0. The monoisotopic (exact) mass is 331 g/mol. The number of alkyl halides is 1. The Morgan fingerprint density at radius 2 is 1.90 bits per heavy atom. The SMILES string of the molecule is CCn1cc(S(=O)(=O)N2CCN(C3CC3)CC2)cc1CCl. The van der Waals surface area contributed by atoms with Gasteiger partial charge in [-0.15, -0.1) is 11.6 Å². The second kappa shape index (κ2) is 5.91. The van der Waals surface area contributed by atoms with Crippen molar-refractivity contribution in [1.29, 1.82) is 0 Å². The summed E-state index contributed by atoms with van der Waals surface area (Å²) in [6.45, 7) is 5.59. The van der Waals surface area contributed by atoms with E-state index in [0.29, 0.717) is 29.9 Å². The molecule has 2 fully saturated rings. The summed E-state index contributed by atoms with van der Waals surface area (Å²) in [6.07, 6.45) is 4.25. The van der Waals surface area contributed by atoms with E-state index in [4.69, 9.17) is 11.6 Å². The number of aromatic nitrogens is 1. The Morgan fingerprint density at radius 3 is 2.38 bits per heavy atom. The van der Waals surface area contributed by atoms with E-state index in [-0.39, 0.29) is 0 Å². The summed E-state index contributed by atoms with van der Waals surface area (Å²) in [6, 6.07) is 2.41. The van der Waals surface area contributed by atoms with Gasteiger partial charge in [0.1, 0.15) is 4.90 Å². The van der Waals surface area contributed by atoms with Crippen molar-refractivity contribution < 1.29 is 8.42 Å². The smallest absolute Gasteiger partial charge is 0.244 e.